The molecular formula is C19H22F2N4O2. The third kappa shape index (κ3) is 3.28. The lowest BCUT2D eigenvalue weighted by Crippen LogP contribution is -2.55. The van der Waals surface area contributed by atoms with Gasteiger partial charge in [-0.2, -0.15) is 5.10 Å². The second-order valence-corrected chi connectivity index (χ2v) is 7.46. The lowest BCUT2D eigenvalue weighted by Gasteiger charge is -2.41. The highest BCUT2D eigenvalue weighted by atomic mass is 19.3. The Kier molecular flexibility index (Phi) is 4.57. The molecule has 0 bridgehead atoms. The smallest absolute Gasteiger partial charge is 0.340 e. The lowest BCUT2D eigenvalue weighted by atomic mass is 9.97. The molecule has 27 heavy (non-hydrogen) atoms. The van der Waals surface area contributed by atoms with Crippen LogP contribution in [0.15, 0.2) is 29.1 Å². The number of aromatic nitrogens is 3. The number of carbonyl (C=O) groups excluding carboxylic acids is 1. The zero-order chi connectivity index (χ0) is 19.1. The number of halogens is 2. The predicted octanol–water partition coefficient (Wildman–Crippen LogP) is 2.00. The van der Waals surface area contributed by atoms with Crippen LogP contribution in [0.25, 0.3) is 0 Å². The molecule has 0 saturated carbocycles. The Morgan fingerprint density at radius 1 is 1.26 bits per heavy atom. The van der Waals surface area contributed by atoms with E-state index in [4.69, 9.17) is 0 Å². The number of fused-ring (bicyclic) bond motifs is 1. The normalized spacial score (nSPS) is 19.9. The largest absolute Gasteiger partial charge is 0.346 e. The zero-order valence-corrected chi connectivity index (χ0v) is 15.1. The molecule has 1 atom stereocenters. The van der Waals surface area contributed by atoms with Crippen LogP contribution in [-0.2, 0) is 17.8 Å². The summed E-state index contributed by atoms with van der Waals surface area (Å²) in [6.07, 6.45) is -0.475. The quantitative estimate of drug-likeness (QED) is 0.820. The number of likely N-dealkylation sites (tertiary alicyclic amines) is 1. The number of hydrogen-bond donors (Lipinski definition) is 0. The van der Waals surface area contributed by atoms with Crippen LogP contribution in [-0.4, -0.2) is 44.7 Å². The van der Waals surface area contributed by atoms with Crippen LogP contribution in [0.1, 0.15) is 35.8 Å². The number of hydrogen-bond acceptors (Lipinski definition) is 3. The van der Waals surface area contributed by atoms with Gasteiger partial charge in [-0.15, -0.1) is 0 Å². The summed E-state index contributed by atoms with van der Waals surface area (Å²) < 4.78 is 28.2. The van der Waals surface area contributed by atoms with Crippen LogP contribution in [0.4, 0.5) is 8.78 Å². The van der Waals surface area contributed by atoms with Gasteiger partial charge in [0.2, 0.25) is 12.3 Å². The highest BCUT2D eigenvalue weighted by Crippen LogP contribution is 2.29. The molecule has 1 aromatic heterocycles. The van der Waals surface area contributed by atoms with Crippen LogP contribution >= 0.6 is 0 Å². The molecule has 1 fully saturated rings. The van der Waals surface area contributed by atoms with Crippen molar-refractivity contribution in [3.05, 3.63) is 51.7 Å². The fraction of sp³-hybridized carbons (Fsp3) is 0.526. The van der Waals surface area contributed by atoms with Gasteiger partial charge >= 0.3 is 5.69 Å². The van der Waals surface area contributed by atoms with Crippen molar-refractivity contribution < 1.29 is 13.6 Å². The van der Waals surface area contributed by atoms with E-state index in [1.807, 2.05) is 31.2 Å². The van der Waals surface area contributed by atoms with Gasteiger partial charge in [0, 0.05) is 19.5 Å². The summed E-state index contributed by atoms with van der Waals surface area (Å²) in [6, 6.07) is 7.23. The molecule has 0 unspecified atom stereocenters. The van der Waals surface area contributed by atoms with Crippen molar-refractivity contribution in [1.82, 2.24) is 19.2 Å². The van der Waals surface area contributed by atoms with E-state index in [-0.39, 0.29) is 24.7 Å². The van der Waals surface area contributed by atoms with E-state index in [9.17, 15) is 18.4 Å². The van der Waals surface area contributed by atoms with E-state index < -0.39 is 18.4 Å². The van der Waals surface area contributed by atoms with E-state index >= 15 is 0 Å². The average molecular weight is 376 g/mol. The SMILES string of the molecule is Cc1ccc(Cn2nc3n(c2=O)[C@@H](C(=O)N2CC(C(F)F)C2)CCC3)cc1. The molecule has 0 spiro atoms. The van der Waals surface area contributed by atoms with Crippen molar-refractivity contribution in [3.8, 4) is 0 Å². The number of nitrogens with zero attached hydrogens (tertiary/aromatic N) is 4. The minimum atomic E-state index is -2.41. The van der Waals surface area contributed by atoms with Crippen LogP contribution in [0, 0.1) is 12.8 Å². The molecule has 6 nitrogen and oxygen atoms in total. The second kappa shape index (κ2) is 6.90. The number of rotatable bonds is 4. The Balaban J connectivity index is 1.56. The maximum Gasteiger partial charge on any atom is 0.346 e. The van der Waals surface area contributed by atoms with Crippen LogP contribution in [0.3, 0.4) is 0 Å². The number of alkyl halides is 2. The number of benzene rings is 1. The van der Waals surface area contributed by atoms with Gasteiger partial charge in [-0.05, 0) is 25.3 Å². The molecule has 1 aromatic carbocycles. The molecular weight excluding hydrogens is 354 g/mol. The topological polar surface area (TPSA) is 60.1 Å². The molecule has 144 valence electrons. The third-order valence-corrected chi connectivity index (χ3v) is 5.45. The maximum atomic E-state index is 12.9. The molecule has 4 rings (SSSR count). The molecule has 2 aromatic rings. The molecule has 2 aliphatic heterocycles. The van der Waals surface area contributed by atoms with Gasteiger partial charge in [-0.25, -0.2) is 18.3 Å². The summed E-state index contributed by atoms with van der Waals surface area (Å²) in [4.78, 5) is 27.1. The highest BCUT2D eigenvalue weighted by molar-refractivity contribution is 5.81. The minimum Gasteiger partial charge on any atom is -0.340 e. The van der Waals surface area contributed by atoms with Gasteiger partial charge in [-0.3, -0.25) is 9.36 Å². The average Bonchev–Trinajstić information content (AvgIpc) is 2.91. The lowest BCUT2D eigenvalue weighted by molar-refractivity contribution is -0.146. The van der Waals surface area contributed by atoms with Crippen LogP contribution < -0.4 is 5.69 Å². The highest BCUT2D eigenvalue weighted by Gasteiger charge is 2.41. The van der Waals surface area contributed by atoms with Gasteiger partial charge in [0.15, 0.2) is 0 Å². The molecule has 0 aliphatic carbocycles. The summed E-state index contributed by atoms with van der Waals surface area (Å²) in [5.74, 6) is -0.398. The van der Waals surface area contributed by atoms with Crippen LogP contribution in [0.5, 0.6) is 0 Å². The molecule has 1 amide bonds. The number of amides is 1. The Morgan fingerprint density at radius 3 is 2.63 bits per heavy atom. The molecule has 1 saturated heterocycles. The standard InChI is InChI=1S/C19H22F2N4O2/c1-12-5-7-13(8-6-12)9-24-19(27)25-15(3-2-4-16(25)22-24)18(26)23-10-14(11-23)17(20)21/h5-8,14-15,17H,2-4,9-11H2,1H3/t15-/m1/s1. The van der Waals surface area contributed by atoms with E-state index in [1.54, 1.807) is 0 Å². The second-order valence-electron chi connectivity index (χ2n) is 7.46. The van der Waals surface area contributed by atoms with E-state index in [0.717, 1.165) is 17.5 Å². The van der Waals surface area contributed by atoms with Crippen molar-refractivity contribution in [3.63, 3.8) is 0 Å². The summed E-state index contributed by atoms with van der Waals surface area (Å²) >= 11 is 0. The van der Waals surface area contributed by atoms with Gasteiger partial charge in [0.05, 0.1) is 12.5 Å². The van der Waals surface area contributed by atoms with Crippen molar-refractivity contribution in [2.45, 2.75) is 45.2 Å². The third-order valence-electron chi connectivity index (χ3n) is 5.45. The molecule has 8 heteroatoms. The first-order valence-corrected chi connectivity index (χ1v) is 9.24. The van der Waals surface area contributed by atoms with Crippen molar-refractivity contribution >= 4 is 5.91 Å². The van der Waals surface area contributed by atoms with Crippen molar-refractivity contribution in [1.29, 1.82) is 0 Å². The predicted molar refractivity (Wildman–Crippen MR) is 94.8 cm³/mol. The van der Waals surface area contributed by atoms with Gasteiger partial charge in [-0.1, -0.05) is 29.8 Å². The fourth-order valence-electron chi connectivity index (χ4n) is 3.80. The Hall–Kier alpha value is -2.51. The minimum absolute atomic E-state index is 0.0641. The van der Waals surface area contributed by atoms with Crippen LogP contribution in [0.2, 0.25) is 0 Å². The van der Waals surface area contributed by atoms with Gasteiger partial charge < -0.3 is 4.90 Å². The first kappa shape index (κ1) is 17.9. The van der Waals surface area contributed by atoms with E-state index in [2.05, 4.69) is 5.10 Å². The Bertz CT molecular complexity index is 897. The van der Waals surface area contributed by atoms with Crippen molar-refractivity contribution in [2.75, 3.05) is 13.1 Å². The zero-order valence-electron chi connectivity index (χ0n) is 15.1. The first-order chi connectivity index (χ1) is 12.9. The summed E-state index contributed by atoms with van der Waals surface area (Å²) in [6.45, 7) is 2.47. The van der Waals surface area contributed by atoms with E-state index in [0.29, 0.717) is 25.2 Å². The Morgan fingerprint density at radius 2 is 1.96 bits per heavy atom. The number of carbonyl (C=O) groups is 1. The molecule has 0 N–H and O–H groups in total. The van der Waals surface area contributed by atoms with Gasteiger partial charge in [0.25, 0.3) is 0 Å². The summed E-state index contributed by atoms with van der Waals surface area (Å²) in [7, 11) is 0. The fourth-order valence-corrected chi connectivity index (χ4v) is 3.80. The molecule has 2 aliphatic rings. The van der Waals surface area contributed by atoms with Gasteiger partial charge in [0.1, 0.15) is 11.9 Å². The van der Waals surface area contributed by atoms with Crippen molar-refractivity contribution in [2.24, 2.45) is 5.92 Å². The maximum absolute atomic E-state index is 12.9. The monoisotopic (exact) mass is 376 g/mol. The summed E-state index contributed by atoms with van der Waals surface area (Å²) in [5, 5.41) is 4.42. The first-order valence-electron chi connectivity index (χ1n) is 9.24. The van der Waals surface area contributed by atoms with E-state index in [1.165, 1.54) is 14.1 Å². The molecule has 3 heterocycles. The summed E-state index contributed by atoms with van der Waals surface area (Å²) in [5.41, 5.74) is 1.79. The number of aryl methyl sites for hydroxylation is 2. The Labute approximate surface area is 155 Å². The molecule has 0 radical (unpaired) electrons.